The van der Waals surface area contributed by atoms with E-state index in [1.165, 1.54) is 6.20 Å². The summed E-state index contributed by atoms with van der Waals surface area (Å²) in [5.74, 6) is 0.352. The zero-order chi connectivity index (χ0) is 16.4. The Hall–Kier alpha value is -2.83. The van der Waals surface area contributed by atoms with Crippen LogP contribution in [0, 0.1) is 0 Å². The smallest absolute Gasteiger partial charge is 0.382 e. The van der Waals surface area contributed by atoms with Crippen LogP contribution in [0.4, 0.5) is 24.7 Å². The van der Waals surface area contributed by atoms with Gasteiger partial charge in [0.15, 0.2) is 0 Å². The Bertz CT molecular complexity index is 829. The molecule has 2 aromatic carbocycles. The Morgan fingerprint density at radius 2 is 1.65 bits per heavy atom. The number of hydrogen-bond donors (Lipinski definition) is 2. The first-order valence-corrected chi connectivity index (χ1v) is 6.84. The van der Waals surface area contributed by atoms with Gasteiger partial charge in [0.25, 0.3) is 0 Å². The minimum absolute atomic E-state index is 0.352. The summed E-state index contributed by atoms with van der Waals surface area (Å²) in [6.07, 6.45) is -2.76. The van der Waals surface area contributed by atoms with E-state index in [4.69, 9.17) is 5.73 Å². The molecule has 118 valence electrons. The van der Waals surface area contributed by atoms with E-state index >= 15 is 0 Å². The van der Waals surface area contributed by atoms with Crippen LogP contribution in [-0.4, -0.2) is 22.7 Å². The van der Waals surface area contributed by atoms with Crippen LogP contribution in [0.5, 0.6) is 0 Å². The molecule has 1 aromatic heterocycles. The number of aromatic nitrogens is 2. The Labute approximate surface area is 130 Å². The third kappa shape index (κ3) is 3.68. The molecule has 3 N–H and O–H groups in total. The van der Waals surface area contributed by atoms with Gasteiger partial charge in [0.05, 0.1) is 17.2 Å². The lowest BCUT2D eigenvalue weighted by atomic mass is 10.0. The second-order valence-electron chi connectivity index (χ2n) is 5.04. The van der Waals surface area contributed by atoms with E-state index < -0.39 is 12.7 Å². The summed E-state index contributed by atoms with van der Waals surface area (Å²) < 4.78 is 36.5. The molecule has 4 nitrogen and oxygen atoms in total. The van der Waals surface area contributed by atoms with Gasteiger partial charge in [-0.1, -0.05) is 18.2 Å². The summed E-state index contributed by atoms with van der Waals surface area (Å²) in [5, 5.41) is 2.34. The number of fused-ring (bicyclic) bond motifs is 1. The van der Waals surface area contributed by atoms with Crippen molar-refractivity contribution in [2.45, 2.75) is 6.18 Å². The van der Waals surface area contributed by atoms with Crippen molar-refractivity contribution < 1.29 is 13.2 Å². The fourth-order valence-electron chi connectivity index (χ4n) is 2.19. The Morgan fingerprint density at radius 1 is 0.957 bits per heavy atom. The van der Waals surface area contributed by atoms with Gasteiger partial charge in [-0.3, -0.25) is 4.98 Å². The van der Waals surface area contributed by atoms with E-state index in [9.17, 15) is 13.2 Å². The van der Waals surface area contributed by atoms with E-state index in [1.807, 2.05) is 18.2 Å². The lowest BCUT2D eigenvalue weighted by Gasteiger charge is -2.10. The molecular formula is C16H13F3N4. The number of alkyl halides is 3. The van der Waals surface area contributed by atoms with E-state index in [0.29, 0.717) is 22.5 Å². The van der Waals surface area contributed by atoms with Crippen molar-refractivity contribution in [3.05, 3.63) is 48.7 Å². The first-order chi connectivity index (χ1) is 10.9. The van der Waals surface area contributed by atoms with Crippen LogP contribution in [0.1, 0.15) is 0 Å². The van der Waals surface area contributed by atoms with Crippen LogP contribution in [0.2, 0.25) is 0 Å². The number of nitrogen functional groups attached to an aromatic ring is 1. The van der Waals surface area contributed by atoms with Gasteiger partial charge < -0.3 is 11.1 Å². The maximum atomic E-state index is 12.2. The van der Waals surface area contributed by atoms with Gasteiger partial charge in [-0.15, -0.1) is 0 Å². The highest BCUT2D eigenvalue weighted by molar-refractivity contribution is 5.82. The van der Waals surface area contributed by atoms with Crippen molar-refractivity contribution in [2.24, 2.45) is 0 Å². The predicted octanol–water partition coefficient (Wildman–Crippen LogP) is 3.85. The van der Waals surface area contributed by atoms with Crippen LogP contribution in [0.15, 0.2) is 48.7 Å². The van der Waals surface area contributed by atoms with Gasteiger partial charge in [0.1, 0.15) is 12.4 Å². The van der Waals surface area contributed by atoms with Crippen molar-refractivity contribution in [1.82, 2.24) is 9.97 Å². The van der Waals surface area contributed by atoms with Crippen LogP contribution >= 0.6 is 0 Å². The summed E-state index contributed by atoms with van der Waals surface area (Å²) >= 11 is 0. The van der Waals surface area contributed by atoms with Crippen LogP contribution in [0.25, 0.3) is 22.2 Å². The molecule has 0 fully saturated rings. The van der Waals surface area contributed by atoms with Gasteiger partial charge in [-0.2, -0.15) is 13.2 Å². The number of nitrogens with one attached hydrogen (secondary N) is 1. The van der Waals surface area contributed by atoms with Crippen LogP contribution in [0.3, 0.4) is 0 Å². The van der Waals surface area contributed by atoms with Crippen molar-refractivity contribution in [3.63, 3.8) is 0 Å². The van der Waals surface area contributed by atoms with Crippen molar-refractivity contribution in [3.8, 4) is 11.1 Å². The van der Waals surface area contributed by atoms with Gasteiger partial charge in [0, 0.05) is 5.69 Å². The molecule has 0 amide bonds. The fourth-order valence-corrected chi connectivity index (χ4v) is 2.19. The van der Waals surface area contributed by atoms with E-state index in [-0.39, 0.29) is 0 Å². The quantitative estimate of drug-likeness (QED) is 0.770. The zero-order valence-corrected chi connectivity index (χ0v) is 11.9. The standard InChI is InChI=1S/C16H13F3N4/c17-16(18,19)9-22-12-4-1-10(2-5-12)11-3-6-13-14(7-11)21-8-15(20)23-13/h1-8,22H,9H2,(H2,20,23). The largest absolute Gasteiger partial charge is 0.405 e. The third-order valence-electron chi connectivity index (χ3n) is 3.27. The first-order valence-electron chi connectivity index (χ1n) is 6.84. The molecule has 0 radical (unpaired) electrons. The van der Waals surface area contributed by atoms with Gasteiger partial charge in [-0.25, -0.2) is 4.98 Å². The lowest BCUT2D eigenvalue weighted by Crippen LogP contribution is -2.21. The second-order valence-corrected chi connectivity index (χ2v) is 5.04. The van der Waals surface area contributed by atoms with Crippen molar-refractivity contribution >= 4 is 22.5 Å². The van der Waals surface area contributed by atoms with Gasteiger partial charge in [-0.05, 0) is 35.4 Å². The molecule has 0 spiro atoms. The average Bonchev–Trinajstić information content (AvgIpc) is 2.52. The Balaban J connectivity index is 1.83. The molecule has 23 heavy (non-hydrogen) atoms. The van der Waals surface area contributed by atoms with Crippen molar-refractivity contribution in [1.29, 1.82) is 0 Å². The van der Waals surface area contributed by atoms with Gasteiger partial charge in [0.2, 0.25) is 0 Å². The molecule has 3 rings (SSSR count). The minimum Gasteiger partial charge on any atom is -0.382 e. The fraction of sp³-hybridized carbons (Fsp3) is 0.125. The molecular weight excluding hydrogens is 305 g/mol. The minimum atomic E-state index is -4.24. The molecule has 0 saturated carbocycles. The highest BCUT2D eigenvalue weighted by atomic mass is 19.4. The molecule has 0 bridgehead atoms. The molecule has 0 aliphatic heterocycles. The molecule has 0 saturated heterocycles. The van der Waals surface area contributed by atoms with Crippen LogP contribution in [-0.2, 0) is 0 Å². The molecule has 3 aromatic rings. The van der Waals surface area contributed by atoms with E-state index in [0.717, 1.165) is 11.1 Å². The average molecular weight is 318 g/mol. The summed E-state index contributed by atoms with van der Waals surface area (Å²) in [6.45, 7) is -1.06. The summed E-state index contributed by atoms with van der Waals surface area (Å²) in [4.78, 5) is 8.39. The molecule has 0 aliphatic carbocycles. The number of nitrogens with two attached hydrogens (primary N) is 1. The zero-order valence-electron chi connectivity index (χ0n) is 11.9. The Kier molecular flexibility index (Phi) is 3.77. The maximum Gasteiger partial charge on any atom is 0.405 e. The number of benzene rings is 2. The topological polar surface area (TPSA) is 63.8 Å². The number of rotatable bonds is 3. The lowest BCUT2D eigenvalue weighted by molar-refractivity contribution is -0.115. The molecule has 0 aliphatic rings. The van der Waals surface area contributed by atoms with Crippen LogP contribution < -0.4 is 11.1 Å². The molecule has 1 heterocycles. The molecule has 7 heteroatoms. The predicted molar refractivity (Wildman–Crippen MR) is 83.9 cm³/mol. The maximum absolute atomic E-state index is 12.2. The first kappa shape index (κ1) is 15.1. The number of nitrogens with zero attached hydrogens (tertiary/aromatic N) is 2. The highest BCUT2D eigenvalue weighted by Crippen LogP contribution is 2.25. The third-order valence-corrected chi connectivity index (χ3v) is 3.27. The Morgan fingerprint density at radius 3 is 2.35 bits per heavy atom. The van der Waals surface area contributed by atoms with E-state index in [2.05, 4.69) is 15.3 Å². The number of hydrogen-bond acceptors (Lipinski definition) is 4. The molecule has 0 unspecified atom stereocenters. The molecule has 0 atom stereocenters. The SMILES string of the molecule is Nc1cnc2cc(-c3ccc(NCC(F)(F)F)cc3)ccc2n1. The second kappa shape index (κ2) is 5.75. The highest BCUT2D eigenvalue weighted by Gasteiger charge is 2.26. The number of anilines is 2. The summed E-state index contributed by atoms with van der Waals surface area (Å²) in [7, 11) is 0. The normalized spacial score (nSPS) is 11.6. The van der Waals surface area contributed by atoms with E-state index in [1.54, 1.807) is 24.3 Å². The number of halogens is 3. The summed E-state index contributed by atoms with van der Waals surface area (Å²) in [5.41, 5.74) is 9.18. The monoisotopic (exact) mass is 318 g/mol. The van der Waals surface area contributed by atoms with Crippen molar-refractivity contribution in [2.75, 3.05) is 17.6 Å². The van der Waals surface area contributed by atoms with Gasteiger partial charge >= 0.3 is 6.18 Å². The summed E-state index contributed by atoms with van der Waals surface area (Å²) in [6, 6.07) is 12.3.